The van der Waals surface area contributed by atoms with Gasteiger partial charge >= 0.3 is 0 Å². The number of nitrogens with zero attached hydrogens (tertiary/aromatic N) is 1. The zero-order valence-electron chi connectivity index (χ0n) is 12.3. The summed E-state index contributed by atoms with van der Waals surface area (Å²) in [6, 6.07) is 9.35. The molecule has 0 saturated heterocycles. The average Bonchev–Trinajstić information content (AvgIpc) is 2.90. The van der Waals surface area contributed by atoms with Crippen molar-refractivity contribution in [1.29, 1.82) is 0 Å². The van der Waals surface area contributed by atoms with E-state index in [1.807, 2.05) is 31.2 Å². The van der Waals surface area contributed by atoms with Gasteiger partial charge in [0.05, 0.1) is 12.4 Å². The van der Waals surface area contributed by atoms with Gasteiger partial charge in [0.2, 0.25) is 5.91 Å². The van der Waals surface area contributed by atoms with Crippen LogP contribution in [0.4, 0.5) is 5.82 Å². The Bertz CT molecular complexity index is 595. The number of carbonyl (C=O) groups is 1. The van der Waals surface area contributed by atoms with Crippen molar-refractivity contribution in [3.63, 3.8) is 0 Å². The smallest absolute Gasteiger partial charge is 0.239 e. The third-order valence-electron chi connectivity index (χ3n) is 2.88. The van der Waals surface area contributed by atoms with Crippen LogP contribution in [0, 0.1) is 6.92 Å². The van der Waals surface area contributed by atoms with Gasteiger partial charge in [-0.1, -0.05) is 12.1 Å². The summed E-state index contributed by atoms with van der Waals surface area (Å²) in [5.41, 5.74) is 0. The van der Waals surface area contributed by atoms with Crippen LogP contribution < -0.4 is 10.1 Å². The van der Waals surface area contributed by atoms with Crippen LogP contribution in [-0.2, 0) is 4.79 Å². The number of rotatable bonds is 6. The summed E-state index contributed by atoms with van der Waals surface area (Å²) in [7, 11) is 1.63. The highest BCUT2D eigenvalue weighted by atomic mass is 32.2. The van der Waals surface area contributed by atoms with Gasteiger partial charge in [0.15, 0.2) is 5.82 Å². The van der Waals surface area contributed by atoms with Gasteiger partial charge in [-0.05, 0) is 37.6 Å². The molecule has 1 N–H and O–H groups in total. The molecule has 0 spiro atoms. The van der Waals surface area contributed by atoms with Gasteiger partial charge in [-0.3, -0.25) is 4.79 Å². The Labute approximate surface area is 128 Å². The zero-order valence-corrected chi connectivity index (χ0v) is 13.1. The topological polar surface area (TPSA) is 64.4 Å². The predicted molar refractivity (Wildman–Crippen MR) is 82.8 cm³/mol. The van der Waals surface area contributed by atoms with Crippen LogP contribution in [-0.4, -0.2) is 23.4 Å². The van der Waals surface area contributed by atoms with Crippen LogP contribution in [0.25, 0.3) is 0 Å². The van der Waals surface area contributed by atoms with E-state index in [1.54, 1.807) is 20.1 Å². The van der Waals surface area contributed by atoms with Crippen molar-refractivity contribution in [2.75, 3.05) is 12.4 Å². The van der Waals surface area contributed by atoms with E-state index >= 15 is 0 Å². The Morgan fingerprint density at radius 1 is 1.43 bits per heavy atom. The first kappa shape index (κ1) is 15.4. The lowest BCUT2D eigenvalue weighted by Crippen LogP contribution is -2.24. The molecule has 1 heterocycles. The van der Waals surface area contributed by atoms with E-state index in [1.165, 1.54) is 11.8 Å². The standard InChI is InChI=1S/C15H18N2O3S/c1-4-13(15(18)16-14-9-10(2)20-17-14)21-12-7-5-11(19-3)6-8-12/h5-9,13H,4H2,1-3H3,(H,16,17,18). The van der Waals surface area contributed by atoms with Gasteiger partial charge in [-0.25, -0.2) is 0 Å². The summed E-state index contributed by atoms with van der Waals surface area (Å²) in [6.07, 6.45) is 0.722. The molecule has 0 aliphatic rings. The summed E-state index contributed by atoms with van der Waals surface area (Å²) >= 11 is 1.52. The van der Waals surface area contributed by atoms with Gasteiger partial charge in [0.25, 0.3) is 0 Å². The van der Waals surface area contributed by atoms with Crippen molar-refractivity contribution in [2.45, 2.75) is 30.4 Å². The Morgan fingerprint density at radius 2 is 2.14 bits per heavy atom. The van der Waals surface area contributed by atoms with E-state index in [2.05, 4.69) is 10.5 Å². The zero-order chi connectivity index (χ0) is 15.2. The van der Waals surface area contributed by atoms with Crippen LogP contribution in [0.5, 0.6) is 5.75 Å². The van der Waals surface area contributed by atoms with E-state index in [0.29, 0.717) is 11.6 Å². The number of anilines is 1. The highest BCUT2D eigenvalue weighted by Crippen LogP contribution is 2.28. The van der Waals surface area contributed by atoms with Crippen molar-refractivity contribution in [3.05, 3.63) is 36.1 Å². The lowest BCUT2D eigenvalue weighted by atomic mass is 10.3. The Hall–Kier alpha value is -1.95. The number of benzene rings is 1. The number of carbonyl (C=O) groups excluding carboxylic acids is 1. The van der Waals surface area contributed by atoms with E-state index in [-0.39, 0.29) is 11.2 Å². The quantitative estimate of drug-likeness (QED) is 0.827. The minimum atomic E-state index is -0.185. The van der Waals surface area contributed by atoms with Crippen LogP contribution in [0.15, 0.2) is 39.8 Å². The molecule has 0 bridgehead atoms. The lowest BCUT2D eigenvalue weighted by Gasteiger charge is -2.13. The van der Waals surface area contributed by atoms with Crippen molar-refractivity contribution in [2.24, 2.45) is 0 Å². The average molecular weight is 306 g/mol. The van der Waals surface area contributed by atoms with Crippen LogP contribution >= 0.6 is 11.8 Å². The molecule has 0 radical (unpaired) electrons. The first-order chi connectivity index (χ1) is 10.1. The molecule has 0 saturated carbocycles. The number of methoxy groups -OCH3 is 1. The molecular formula is C15H18N2O3S. The van der Waals surface area contributed by atoms with E-state index in [4.69, 9.17) is 9.26 Å². The molecule has 0 aliphatic heterocycles. The fourth-order valence-electron chi connectivity index (χ4n) is 1.77. The second kappa shape index (κ2) is 7.17. The molecule has 1 amide bonds. The molecule has 6 heteroatoms. The molecular weight excluding hydrogens is 288 g/mol. The SMILES string of the molecule is CCC(Sc1ccc(OC)cc1)C(=O)Nc1cc(C)on1. The first-order valence-corrected chi connectivity index (χ1v) is 7.55. The van der Waals surface area contributed by atoms with Gasteiger partial charge in [-0.2, -0.15) is 0 Å². The van der Waals surface area contributed by atoms with E-state index < -0.39 is 0 Å². The molecule has 5 nitrogen and oxygen atoms in total. The minimum absolute atomic E-state index is 0.0772. The summed E-state index contributed by atoms with van der Waals surface area (Å²) < 4.78 is 10.1. The molecule has 1 aromatic carbocycles. The number of aryl methyl sites for hydroxylation is 1. The lowest BCUT2D eigenvalue weighted by molar-refractivity contribution is -0.115. The predicted octanol–water partition coefficient (Wildman–Crippen LogP) is 3.50. The molecule has 21 heavy (non-hydrogen) atoms. The van der Waals surface area contributed by atoms with E-state index in [9.17, 15) is 4.79 Å². The minimum Gasteiger partial charge on any atom is -0.497 e. The number of hydrogen-bond acceptors (Lipinski definition) is 5. The summed E-state index contributed by atoms with van der Waals surface area (Å²) in [6.45, 7) is 3.76. The number of nitrogens with one attached hydrogen (secondary N) is 1. The summed E-state index contributed by atoms with van der Waals surface area (Å²) in [5.74, 6) is 1.84. The Balaban J connectivity index is 1.99. The molecule has 1 atom stereocenters. The monoisotopic (exact) mass is 306 g/mol. The maximum absolute atomic E-state index is 12.2. The van der Waals surface area contributed by atoms with Crippen molar-refractivity contribution < 1.29 is 14.1 Å². The first-order valence-electron chi connectivity index (χ1n) is 6.67. The summed E-state index contributed by atoms with van der Waals surface area (Å²) in [5, 5.41) is 6.35. The second-order valence-electron chi connectivity index (χ2n) is 4.50. The number of thioether (sulfide) groups is 1. The maximum atomic E-state index is 12.2. The molecule has 112 valence electrons. The van der Waals surface area contributed by atoms with Crippen molar-refractivity contribution >= 4 is 23.5 Å². The third kappa shape index (κ3) is 4.26. The maximum Gasteiger partial charge on any atom is 0.239 e. The number of hydrogen-bond donors (Lipinski definition) is 1. The molecule has 1 aromatic heterocycles. The fraction of sp³-hybridized carbons (Fsp3) is 0.333. The Kier molecular flexibility index (Phi) is 5.27. The molecule has 2 rings (SSSR count). The van der Waals surface area contributed by atoms with Gasteiger partial charge in [0, 0.05) is 11.0 Å². The van der Waals surface area contributed by atoms with E-state index in [0.717, 1.165) is 17.1 Å². The molecule has 2 aromatic rings. The third-order valence-corrected chi connectivity index (χ3v) is 4.26. The largest absolute Gasteiger partial charge is 0.497 e. The Morgan fingerprint density at radius 3 is 2.67 bits per heavy atom. The number of aromatic nitrogens is 1. The second-order valence-corrected chi connectivity index (χ2v) is 5.78. The number of ether oxygens (including phenoxy) is 1. The molecule has 1 unspecified atom stereocenters. The highest BCUT2D eigenvalue weighted by molar-refractivity contribution is 8.00. The van der Waals surface area contributed by atoms with Crippen molar-refractivity contribution in [3.8, 4) is 5.75 Å². The number of amides is 1. The fourth-order valence-corrected chi connectivity index (χ4v) is 2.73. The van der Waals surface area contributed by atoms with Crippen LogP contribution in [0.3, 0.4) is 0 Å². The van der Waals surface area contributed by atoms with Gasteiger partial charge in [-0.15, -0.1) is 11.8 Å². The van der Waals surface area contributed by atoms with Gasteiger partial charge in [0.1, 0.15) is 11.5 Å². The van der Waals surface area contributed by atoms with Crippen LogP contribution in [0.1, 0.15) is 19.1 Å². The van der Waals surface area contributed by atoms with Crippen LogP contribution in [0.2, 0.25) is 0 Å². The molecule has 0 fully saturated rings. The van der Waals surface area contributed by atoms with Gasteiger partial charge < -0.3 is 14.6 Å². The molecule has 0 aliphatic carbocycles. The van der Waals surface area contributed by atoms with Crippen molar-refractivity contribution in [1.82, 2.24) is 5.16 Å². The highest BCUT2D eigenvalue weighted by Gasteiger charge is 2.19. The normalized spacial score (nSPS) is 12.0. The summed E-state index contributed by atoms with van der Waals surface area (Å²) in [4.78, 5) is 13.3.